The number of benzene rings is 1. The van der Waals surface area contributed by atoms with Gasteiger partial charge in [-0.2, -0.15) is 0 Å². The topological polar surface area (TPSA) is 67.4 Å². The average Bonchev–Trinajstić information content (AvgIpc) is 2.68. The van der Waals surface area contributed by atoms with Crippen LogP contribution in [0.15, 0.2) is 30.3 Å². The van der Waals surface area contributed by atoms with Crippen molar-refractivity contribution in [2.45, 2.75) is 38.6 Å². The van der Waals surface area contributed by atoms with Crippen molar-refractivity contribution in [1.29, 1.82) is 0 Å². The molecule has 3 rings (SSSR count). The van der Waals surface area contributed by atoms with Crippen LogP contribution in [0, 0.1) is 0 Å². The molecule has 0 saturated carbocycles. The summed E-state index contributed by atoms with van der Waals surface area (Å²) in [6, 6.07) is 9.11. The zero-order chi connectivity index (χ0) is 18.5. The fourth-order valence-electron chi connectivity index (χ4n) is 3.29. The van der Waals surface area contributed by atoms with E-state index in [1.54, 1.807) is 24.3 Å². The largest absolute Gasteiger partial charge is 0.495 e. The number of piperidine rings is 1. The maximum Gasteiger partial charge on any atom is 0.276 e. The molecule has 1 atom stereocenters. The van der Waals surface area contributed by atoms with Crippen LogP contribution in [0.4, 0.5) is 11.5 Å². The standard InChI is InChI=1S/C19H23ClN4O2/c1-3-14-6-4-5-11-24(14)18-10-8-15(22-23-18)19(25)21-16-12-13(20)7-9-17(16)26-2/h7-10,12,14H,3-6,11H2,1-2H3,(H,21,25). The van der Waals surface area contributed by atoms with Gasteiger partial charge < -0.3 is 15.0 Å². The summed E-state index contributed by atoms with van der Waals surface area (Å²) in [6.45, 7) is 3.18. The number of anilines is 2. The van der Waals surface area contributed by atoms with Gasteiger partial charge in [0.05, 0.1) is 12.8 Å². The number of nitrogens with zero attached hydrogens (tertiary/aromatic N) is 3. The van der Waals surface area contributed by atoms with Crippen molar-refractivity contribution in [1.82, 2.24) is 10.2 Å². The number of hydrogen-bond donors (Lipinski definition) is 1. The number of amides is 1. The van der Waals surface area contributed by atoms with Gasteiger partial charge in [-0.05, 0) is 56.0 Å². The molecule has 26 heavy (non-hydrogen) atoms. The summed E-state index contributed by atoms with van der Waals surface area (Å²) >= 11 is 6.00. The molecule has 2 heterocycles. The maximum absolute atomic E-state index is 12.5. The molecular formula is C19H23ClN4O2. The third kappa shape index (κ3) is 4.07. The molecule has 0 spiro atoms. The highest BCUT2D eigenvalue weighted by molar-refractivity contribution is 6.31. The first-order valence-electron chi connectivity index (χ1n) is 8.87. The zero-order valence-electron chi connectivity index (χ0n) is 15.0. The van der Waals surface area contributed by atoms with Gasteiger partial charge in [-0.15, -0.1) is 10.2 Å². The van der Waals surface area contributed by atoms with Gasteiger partial charge in [0, 0.05) is 17.6 Å². The normalized spacial score (nSPS) is 17.0. The third-order valence-electron chi connectivity index (χ3n) is 4.69. The third-order valence-corrected chi connectivity index (χ3v) is 4.92. The van der Waals surface area contributed by atoms with E-state index in [-0.39, 0.29) is 11.6 Å². The summed E-state index contributed by atoms with van der Waals surface area (Å²) in [5, 5.41) is 11.7. The molecule has 0 bridgehead atoms. The van der Waals surface area contributed by atoms with E-state index < -0.39 is 0 Å². The van der Waals surface area contributed by atoms with E-state index >= 15 is 0 Å². The number of rotatable bonds is 5. The van der Waals surface area contributed by atoms with E-state index in [0.29, 0.717) is 22.5 Å². The van der Waals surface area contributed by atoms with Crippen molar-refractivity contribution in [3.8, 4) is 5.75 Å². The van der Waals surface area contributed by atoms with E-state index in [1.807, 2.05) is 6.07 Å². The Kier molecular flexibility index (Phi) is 5.93. The smallest absolute Gasteiger partial charge is 0.276 e. The molecular weight excluding hydrogens is 352 g/mol. The van der Waals surface area contributed by atoms with Crippen molar-refractivity contribution < 1.29 is 9.53 Å². The summed E-state index contributed by atoms with van der Waals surface area (Å²) in [4.78, 5) is 14.8. The predicted octanol–water partition coefficient (Wildman–Crippen LogP) is 4.16. The number of aromatic nitrogens is 2. The van der Waals surface area contributed by atoms with Crippen LogP contribution in [0.5, 0.6) is 5.75 Å². The molecule has 1 unspecified atom stereocenters. The monoisotopic (exact) mass is 374 g/mol. The van der Waals surface area contributed by atoms with Crippen molar-refractivity contribution in [2.24, 2.45) is 0 Å². The number of methoxy groups -OCH3 is 1. The van der Waals surface area contributed by atoms with Crippen molar-refractivity contribution in [3.05, 3.63) is 41.0 Å². The quantitative estimate of drug-likeness (QED) is 0.851. The van der Waals surface area contributed by atoms with Crippen LogP contribution in [0.25, 0.3) is 0 Å². The number of hydrogen-bond acceptors (Lipinski definition) is 5. The number of nitrogens with one attached hydrogen (secondary N) is 1. The van der Waals surface area contributed by atoms with Crippen LogP contribution in [0.3, 0.4) is 0 Å². The second-order valence-electron chi connectivity index (χ2n) is 6.33. The first-order chi connectivity index (χ1) is 12.6. The molecule has 2 aromatic rings. The minimum Gasteiger partial charge on any atom is -0.495 e. The molecule has 1 aliphatic heterocycles. The Balaban J connectivity index is 1.74. The molecule has 1 aromatic heterocycles. The summed E-state index contributed by atoms with van der Waals surface area (Å²) in [7, 11) is 1.54. The number of halogens is 1. The molecule has 7 heteroatoms. The average molecular weight is 375 g/mol. The molecule has 1 aliphatic rings. The van der Waals surface area contributed by atoms with E-state index in [9.17, 15) is 4.79 Å². The van der Waals surface area contributed by atoms with E-state index in [0.717, 1.165) is 25.2 Å². The van der Waals surface area contributed by atoms with Crippen LogP contribution in [0.1, 0.15) is 43.1 Å². The lowest BCUT2D eigenvalue weighted by Gasteiger charge is -2.35. The molecule has 0 radical (unpaired) electrons. The second-order valence-corrected chi connectivity index (χ2v) is 6.76. The van der Waals surface area contributed by atoms with Gasteiger partial charge in [0.2, 0.25) is 0 Å². The van der Waals surface area contributed by atoms with Gasteiger partial charge in [-0.3, -0.25) is 4.79 Å². The highest BCUT2D eigenvalue weighted by Gasteiger charge is 2.22. The molecule has 1 aromatic carbocycles. The molecule has 1 saturated heterocycles. The van der Waals surface area contributed by atoms with Crippen molar-refractivity contribution in [2.75, 3.05) is 23.9 Å². The van der Waals surface area contributed by atoms with Gasteiger partial charge in [-0.25, -0.2) is 0 Å². The predicted molar refractivity (Wildman–Crippen MR) is 103 cm³/mol. The molecule has 0 aliphatic carbocycles. The first kappa shape index (κ1) is 18.5. The lowest BCUT2D eigenvalue weighted by atomic mass is 10.0. The first-order valence-corrected chi connectivity index (χ1v) is 9.25. The van der Waals surface area contributed by atoms with Crippen LogP contribution >= 0.6 is 11.6 Å². The van der Waals surface area contributed by atoms with Gasteiger partial charge >= 0.3 is 0 Å². The highest BCUT2D eigenvalue weighted by atomic mass is 35.5. The Morgan fingerprint density at radius 1 is 1.31 bits per heavy atom. The van der Waals surface area contributed by atoms with E-state index in [4.69, 9.17) is 16.3 Å². The van der Waals surface area contributed by atoms with Crippen LogP contribution in [-0.4, -0.2) is 35.8 Å². The minimum absolute atomic E-state index is 0.251. The number of ether oxygens (including phenoxy) is 1. The highest BCUT2D eigenvalue weighted by Crippen LogP contribution is 2.28. The zero-order valence-corrected chi connectivity index (χ0v) is 15.8. The second kappa shape index (κ2) is 8.36. The van der Waals surface area contributed by atoms with Crippen molar-refractivity contribution in [3.63, 3.8) is 0 Å². The Morgan fingerprint density at radius 3 is 2.85 bits per heavy atom. The van der Waals surface area contributed by atoms with E-state index in [2.05, 4.69) is 27.3 Å². The van der Waals surface area contributed by atoms with Crippen molar-refractivity contribution >= 4 is 29.0 Å². The Hall–Kier alpha value is -2.34. The molecule has 6 nitrogen and oxygen atoms in total. The SMILES string of the molecule is CCC1CCCCN1c1ccc(C(=O)Nc2cc(Cl)ccc2OC)nn1. The fraction of sp³-hybridized carbons (Fsp3) is 0.421. The molecule has 1 amide bonds. The van der Waals surface area contributed by atoms with Crippen LogP contribution < -0.4 is 15.0 Å². The maximum atomic E-state index is 12.5. The summed E-state index contributed by atoms with van der Waals surface area (Å²) in [6.07, 6.45) is 4.67. The molecule has 1 N–H and O–H groups in total. The Labute approximate surface area is 158 Å². The fourth-order valence-corrected chi connectivity index (χ4v) is 3.46. The van der Waals surface area contributed by atoms with Gasteiger partial charge in [-0.1, -0.05) is 18.5 Å². The van der Waals surface area contributed by atoms with Gasteiger partial charge in [0.1, 0.15) is 5.75 Å². The molecule has 138 valence electrons. The number of carbonyl (C=O) groups excluding carboxylic acids is 1. The summed E-state index contributed by atoms with van der Waals surface area (Å²) < 4.78 is 5.24. The lowest BCUT2D eigenvalue weighted by molar-refractivity contribution is 0.102. The van der Waals surface area contributed by atoms with Crippen LogP contribution in [-0.2, 0) is 0 Å². The summed E-state index contributed by atoms with van der Waals surface area (Å²) in [5.41, 5.74) is 0.749. The molecule has 1 fully saturated rings. The number of carbonyl (C=O) groups is 1. The van der Waals surface area contributed by atoms with Crippen LogP contribution in [0.2, 0.25) is 5.02 Å². The Morgan fingerprint density at radius 2 is 2.15 bits per heavy atom. The van der Waals surface area contributed by atoms with Gasteiger partial charge in [0.15, 0.2) is 11.5 Å². The van der Waals surface area contributed by atoms with E-state index in [1.165, 1.54) is 20.0 Å². The lowest BCUT2D eigenvalue weighted by Crippen LogP contribution is -2.39. The Bertz CT molecular complexity index is 767. The van der Waals surface area contributed by atoms with Gasteiger partial charge in [0.25, 0.3) is 5.91 Å². The minimum atomic E-state index is -0.352. The summed E-state index contributed by atoms with van der Waals surface area (Å²) in [5.74, 6) is 1.01.